The normalized spacial score (nSPS) is 24.0. The number of rotatable bonds is 6. The molecule has 4 rings (SSSR count). The van der Waals surface area contributed by atoms with E-state index in [9.17, 15) is 14.4 Å². The molecule has 150 valence electrons. The topological polar surface area (TPSA) is 73.0 Å². The van der Waals surface area contributed by atoms with Crippen molar-refractivity contribution in [1.29, 1.82) is 0 Å². The molecule has 1 atom stereocenters. The second-order valence-electron chi connectivity index (χ2n) is 7.82. The van der Waals surface area contributed by atoms with Crippen molar-refractivity contribution in [3.63, 3.8) is 0 Å². The van der Waals surface area contributed by atoms with Gasteiger partial charge in [0.1, 0.15) is 0 Å². The van der Waals surface area contributed by atoms with Crippen LogP contribution in [-0.4, -0.2) is 77.2 Å². The number of nitrogens with one attached hydrogen (secondary N) is 1. The van der Waals surface area contributed by atoms with Crippen molar-refractivity contribution in [2.75, 3.05) is 32.7 Å². The number of benzene rings is 1. The highest BCUT2D eigenvalue weighted by Crippen LogP contribution is 2.23. The van der Waals surface area contributed by atoms with Crippen LogP contribution in [0, 0.1) is 0 Å². The van der Waals surface area contributed by atoms with Crippen LogP contribution in [-0.2, 0) is 20.9 Å². The van der Waals surface area contributed by atoms with Gasteiger partial charge in [0.15, 0.2) is 0 Å². The van der Waals surface area contributed by atoms with E-state index in [0.29, 0.717) is 30.7 Å². The van der Waals surface area contributed by atoms with Gasteiger partial charge in [-0.05, 0) is 30.5 Å². The number of hydrogen-bond donors (Lipinski definition) is 1. The molecule has 1 N–H and O–H groups in total. The van der Waals surface area contributed by atoms with E-state index in [2.05, 4.69) is 15.1 Å². The standard InChI is InChI=1S/C20H25ClN4O3/c21-15-3-1-14(2-4-15)12-25-19(27)11-17(20(25)28)24-9-7-23(8-10-24)13-18(26)22-16-5-6-16/h1-4,16-17H,5-13H2,(H,22,26). The van der Waals surface area contributed by atoms with E-state index in [0.717, 1.165) is 31.5 Å². The van der Waals surface area contributed by atoms with Crippen molar-refractivity contribution >= 4 is 29.3 Å². The Morgan fingerprint density at radius 2 is 1.75 bits per heavy atom. The molecule has 8 heteroatoms. The van der Waals surface area contributed by atoms with E-state index < -0.39 is 0 Å². The summed E-state index contributed by atoms with van der Waals surface area (Å²) in [5.41, 5.74) is 0.887. The predicted octanol–water partition coefficient (Wildman–Crippen LogP) is 0.864. The van der Waals surface area contributed by atoms with Crippen molar-refractivity contribution in [3.05, 3.63) is 34.9 Å². The minimum absolute atomic E-state index is 0.0808. The van der Waals surface area contributed by atoms with Crippen LogP contribution < -0.4 is 5.32 Å². The fourth-order valence-electron chi connectivity index (χ4n) is 3.83. The van der Waals surface area contributed by atoms with Crippen molar-refractivity contribution in [2.45, 2.75) is 37.9 Å². The van der Waals surface area contributed by atoms with Gasteiger partial charge in [-0.25, -0.2) is 0 Å². The largest absolute Gasteiger partial charge is 0.352 e. The Kier molecular flexibility index (Phi) is 5.66. The number of carbonyl (C=O) groups is 3. The lowest BCUT2D eigenvalue weighted by atomic mass is 10.1. The number of imide groups is 1. The quantitative estimate of drug-likeness (QED) is 0.712. The number of carbonyl (C=O) groups excluding carboxylic acids is 3. The van der Waals surface area contributed by atoms with Gasteiger partial charge in [0, 0.05) is 37.2 Å². The first-order valence-corrected chi connectivity index (χ1v) is 10.2. The van der Waals surface area contributed by atoms with Gasteiger partial charge >= 0.3 is 0 Å². The number of amides is 3. The maximum Gasteiger partial charge on any atom is 0.247 e. The number of hydrogen-bond acceptors (Lipinski definition) is 5. The molecular formula is C20H25ClN4O3. The number of piperazine rings is 1. The third-order valence-electron chi connectivity index (χ3n) is 5.63. The van der Waals surface area contributed by atoms with Crippen LogP contribution in [0.1, 0.15) is 24.8 Å². The van der Waals surface area contributed by atoms with Crippen LogP contribution in [0.3, 0.4) is 0 Å². The van der Waals surface area contributed by atoms with Gasteiger partial charge in [-0.3, -0.25) is 29.1 Å². The maximum atomic E-state index is 12.8. The first kappa shape index (κ1) is 19.4. The third-order valence-corrected chi connectivity index (χ3v) is 5.88. The Labute approximate surface area is 169 Å². The van der Waals surface area contributed by atoms with E-state index in [1.165, 1.54) is 4.90 Å². The summed E-state index contributed by atoms with van der Waals surface area (Å²) in [6.07, 6.45) is 2.41. The molecule has 1 unspecified atom stereocenters. The average molecular weight is 405 g/mol. The second kappa shape index (κ2) is 8.19. The minimum atomic E-state index is -0.387. The Morgan fingerprint density at radius 3 is 2.39 bits per heavy atom. The lowest BCUT2D eigenvalue weighted by molar-refractivity contribution is -0.140. The van der Waals surface area contributed by atoms with Crippen molar-refractivity contribution in [1.82, 2.24) is 20.0 Å². The highest BCUT2D eigenvalue weighted by Gasteiger charge is 2.42. The summed E-state index contributed by atoms with van der Waals surface area (Å²) in [5, 5.41) is 3.63. The van der Waals surface area contributed by atoms with Crippen molar-refractivity contribution in [3.8, 4) is 0 Å². The summed E-state index contributed by atoms with van der Waals surface area (Å²) in [6.45, 7) is 3.53. The molecule has 0 aromatic heterocycles. The Morgan fingerprint density at radius 1 is 1.07 bits per heavy atom. The Hall–Kier alpha value is -1.96. The van der Waals surface area contributed by atoms with Crippen LogP contribution in [0.15, 0.2) is 24.3 Å². The van der Waals surface area contributed by atoms with Gasteiger partial charge in [-0.1, -0.05) is 23.7 Å². The molecule has 0 radical (unpaired) electrons. The molecule has 1 saturated carbocycles. The smallest absolute Gasteiger partial charge is 0.247 e. The fourth-order valence-corrected chi connectivity index (χ4v) is 3.95. The van der Waals surface area contributed by atoms with Crippen LogP contribution in [0.25, 0.3) is 0 Å². The van der Waals surface area contributed by atoms with Crippen molar-refractivity contribution < 1.29 is 14.4 Å². The van der Waals surface area contributed by atoms with Crippen LogP contribution >= 0.6 is 11.6 Å². The first-order valence-electron chi connectivity index (χ1n) is 9.84. The molecule has 1 aromatic carbocycles. The van der Waals surface area contributed by atoms with Crippen LogP contribution in [0.2, 0.25) is 5.02 Å². The zero-order valence-corrected chi connectivity index (χ0v) is 16.5. The summed E-state index contributed by atoms with van der Waals surface area (Å²) in [7, 11) is 0. The lowest BCUT2D eigenvalue weighted by Crippen LogP contribution is -2.54. The highest BCUT2D eigenvalue weighted by molar-refractivity contribution is 6.30. The maximum absolute atomic E-state index is 12.8. The summed E-state index contributed by atoms with van der Waals surface area (Å²) in [4.78, 5) is 42.7. The van der Waals surface area contributed by atoms with Crippen LogP contribution in [0.4, 0.5) is 0 Å². The van der Waals surface area contributed by atoms with Gasteiger partial charge in [0.2, 0.25) is 17.7 Å². The molecule has 1 aromatic rings. The SMILES string of the molecule is O=C(CN1CCN(C2CC(=O)N(Cc3ccc(Cl)cc3)C2=O)CC1)NC1CC1. The van der Waals surface area contributed by atoms with E-state index in [1.54, 1.807) is 12.1 Å². The molecule has 2 saturated heterocycles. The molecule has 28 heavy (non-hydrogen) atoms. The van der Waals surface area contributed by atoms with E-state index in [1.807, 2.05) is 12.1 Å². The zero-order chi connectivity index (χ0) is 19.7. The van der Waals surface area contributed by atoms with Crippen LogP contribution in [0.5, 0.6) is 0 Å². The number of halogens is 1. The molecule has 1 aliphatic carbocycles. The summed E-state index contributed by atoms with van der Waals surface area (Å²) >= 11 is 5.90. The fraction of sp³-hybridized carbons (Fsp3) is 0.550. The van der Waals surface area contributed by atoms with Gasteiger partial charge in [-0.15, -0.1) is 0 Å². The molecular weight excluding hydrogens is 380 g/mol. The molecule has 3 aliphatic rings. The summed E-state index contributed by atoms with van der Waals surface area (Å²) in [6, 6.07) is 7.18. The van der Waals surface area contributed by atoms with E-state index >= 15 is 0 Å². The molecule has 2 heterocycles. The Balaban J connectivity index is 1.29. The summed E-state index contributed by atoms with van der Waals surface area (Å²) < 4.78 is 0. The van der Waals surface area contributed by atoms with Gasteiger partial charge in [0.25, 0.3) is 0 Å². The Bertz CT molecular complexity index is 757. The summed E-state index contributed by atoms with van der Waals surface area (Å²) in [5.74, 6) is -0.173. The number of likely N-dealkylation sites (tertiary alicyclic amines) is 1. The molecule has 0 bridgehead atoms. The van der Waals surface area contributed by atoms with Gasteiger partial charge in [-0.2, -0.15) is 0 Å². The number of nitrogens with zero attached hydrogens (tertiary/aromatic N) is 3. The van der Waals surface area contributed by atoms with E-state index in [-0.39, 0.29) is 36.7 Å². The molecule has 0 spiro atoms. The highest BCUT2D eigenvalue weighted by atomic mass is 35.5. The monoisotopic (exact) mass is 404 g/mol. The van der Waals surface area contributed by atoms with E-state index in [4.69, 9.17) is 11.6 Å². The predicted molar refractivity (Wildman–Crippen MR) is 105 cm³/mol. The molecule has 3 amide bonds. The lowest BCUT2D eigenvalue weighted by Gasteiger charge is -2.36. The molecule has 2 aliphatic heterocycles. The zero-order valence-electron chi connectivity index (χ0n) is 15.8. The minimum Gasteiger partial charge on any atom is -0.352 e. The first-order chi connectivity index (χ1) is 13.5. The third kappa shape index (κ3) is 4.54. The molecule has 7 nitrogen and oxygen atoms in total. The van der Waals surface area contributed by atoms with Gasteiger partial charge in [0.05, 0.1) is 25.6 Å². The van der Waals surface area contributed by atoms with Gasteiger partial charge < -0.3 is 5.32 Å². The average Bonchev–Trinajstić information content (AvgIpc) is 3.44. The van der Waals surface area contributed by atoms with Crippen molar-refractivity contribution in [2.24, 2.45) is 0 Å². The second-order valence-corrected chi connectivity index (χ2v) is 8.25. The molecule has 3 fully saturated rings.